The van der Waals surface area contributed by atoms with Crippen molar-refractivity contribution in [1.82, 2.24) is 0 Å². The summed E-state index contributed by atoms with van der Waals surface area (Å²) in [6, 6.07) is 1.48. The van der Waals surface area contributed by atoms with E-state index in [4.69, 9.17) is 10.2 Å². The van der Waals surface area contributed by atoms with Crippen molar-refractivity contribution in [2.24, 2.45) is 0 Å². The van der Waals surface area contributed by atoms with Crippen LogP contribution in [0.1, 0.15) is 16.6 Å². The number of rotatable bonds is 4. The Labute approximate surface area is 88.6 Å². The molecule has 0 aliphatic rings. The second-order valence-electron chi connectivity index (χ2n) is 2.55. The van der Waals surface area contributed by atoms with Gasteiger partial charge in [0.1, 0.15) is 10.1 Å². The fourth-order valence-electron chi connectivity index (χ4n) is 0.747. The maximum atomic E-state index is 10.5. The summed E-state index contributed by atoms with van der Waals surface area (Å²) in [5, 5.41) is 18.3. The Hall–Kier alpha value is -1.01. The maximum Gasteiger partial charge on any atom is 0.345 e. The molecule has 0 aliphatic carbocycles. The summed E-state index contributed by atoms with van der Waals surface area (Å²) in [4.78, 5) is 21.9. The molecule has 0 bridgehead atoms. The zero-order valence-electron chi connectivity index (χ0n) is 7.26. The summed E-state index contributed by atoms with van der Waals surface area (Å²) in [6.07, 6.45) is 0. The van der Waals surface area contributed by atoms with Crippen molar-refractivity contribution in [3.63, 3.8) is 0 Å². The monoisotopic (exact) mass is 232 g/mol. The largest absolute Gasteiger partial charge is 0.480 e. The zero-order valence-corrected chi connectivity index (χ0v) is 8.89. The lowest BCUT2D eigenvalue weighted by atomic mass is 10.5. The van der Waals surface area contributed by atoms with Crippen molar-refractivity contribution < 1.29 is 19.8 Å². The molecule has 2 N–H and O–H groups in total. The first-order chi connectivity index (χ1) is 6.50. The highest BCUT2D eigenvalue weighted by atomic mass is 32.2. The van der Waals surface area contributed by atoms with E-state index in [1.807, 2.05) is 0 Å². The molecule has 0 radical (unpaired) electrons. The molecule has 1 rings (SSSR count). The number of aromatic carboxylic acids is 1. The highest BCUT2D eigenvalue weighted by Crippen LogP contribution is 2.28. The molecule has 6 heteroatoms. The normalized spacial score (nSPS) is 12.4. The average molecular weight is 232 g/mol. The maximum absolute atomic E-state index is 10.5. The summed E-state index contributed by atoms with van der Waals surface area (Å²) in [7, 11) is 0. The van der Waals surface area contributed by atoms with Crippen LogP contribution in [0.2, 0.25) is 0 Å². The number of carboxylic acid groups (broad SMARTS) is 2. The lowest BCUT2D eigenvalue weighted by molar-refractivity contribution is -0.136. The molecule has 0 saturated carbocycles. The molecule has 0 saturated heterocycles. The van der Waals surface area contributed by atoms with Gasteiger partial charge in [-0.1, -0.05) is 0 Å². The van der Waals surface area contributed by atoms with Gasteiger partial charge in [-0.2, -0.15) is 0 Å². The minimum absolute atomic E-state index is 0.227. The van der Waals surface area contributed by atoms with Gasteiger partial charge in [0.2, 0.25) is 0 Å². The summed E-state index contributed by atoms with van der Waals surface area (Å²) in [5.74, 6) is -1.89. The minimum atomic E-state index is -0.982. The number of hydrogen-bond donors (Lipinski definition) is 2. The molecule has 1 aromatic heterocycles. The number of hydrogen-bond acceptors (Lipinski definition) is 4. The number of thiophene rings is 1. The first-order valence-electron chi connectivity index (χ1n) is 3.72. The molecule has 14 heavy (non-hydrogen) atoms. The summed E-state index contributed by atoms with van der Waals surface area (Å²) < 4.78 is 0. The van der Waals surface area contributed by atoms with E-state index < -0.39 is 17.2 Å². The number of aliphatic carboxylic acids is 1. The number of carbonyl (C=O) groups is 2. The molecule has 1 atom stereocenters. The predicted molar refractivity (Wildman–Crippen MR) is 54.2 cm³/mol. The fourth-order valence-corrected chi connectivity index (χ4v) is 2.49. The van der Waals surface area contributed by atoms with Crippen LogP contribution in [0.5, 0.6) is 0 Å². The molecule has 0 aliphatic heterocycles. The quantitative estimate of drug-likeness (QED) is 0.777. The van der Waals surface area contributed by atoms with E-state index in [0.29, 0.717) is 4.90 Å². The lowest BCUT2D eigenvalue weighted by Gasteiger charge is -2.01. The van der Waals surface area contributed by atoms with Gasteiger partial charge >= 0.3 is 11.9 Å². The van der Waals surface area contributed by atoms with Gasteiger partial charge in [0.05, 0.1) is 0 Å². The third-order valence-electron chi connectivity index (χ3n) is 1.45. The topological polar surface area (TPSA) is 74.6 Å². The van der Waals surface area contributed by atoms with Crippen molar-refractivity contribution in [3.8, 4) is 0 Å². The Balaban J connectivity index is 2.69. The molecular weight excluding hydrogens is 224 g/mol. The van der Waals surface area contributed by atoms with Crippen LogP contribution in [0.3, 0.4) is 0 Å². The Morgan fingerprint density at radius 3 is 2.57 bits per heavy atom. The highest BCUT2D eigenvalue weighted by molar-refractivity contribution is 8.00. The first-order valence-corrected chi connectivity index (χ1v) is 5.48. The summed E-state index contributed by atoms with van der Waals surface area (Å²) in [6.45, 7) is 1.56. The smallest absolute Gasteiger partial charge is 0.345 e. The van der Waals surface area contributed by atoms with Crippen LogP contribution in [-0.4, -0.2) is 27.4 Å². The molecule has 0 spiro atoms. The third-order valence-corrected chi connectivity index (χ3v) is 3.58. The summed E-state index contributed by atoms with van der Waals surface area (Å²) >= 11 is 2.24. The van der Waals surface area contributed by atoms with Crippen molar-refractivity contribution in [3.05, 3.63) is 16.3 Å². The standard InChI is InChI=1S/C8H8O4S2/c1-4(7(9)10)14-5-2-6(8(11)12)13-3-5/h2-4H,1H3,(H,9,10)(H,11,12). The van der Waals surface area contributed by atoms with Gasteiger partial charge in [-0.25, -0.2) is 4.79 Å². The van der Waals surface area contributed by atoms with Gasteiger partial charge in [0.25, 0.3) is 0 Å². The highest BCUT2D eigenvalue weighted by Gasteiger charge is 2.14. The van der Waals surface area contributed by atoms with Crippen molar-refractivity contribution in [2.45, 2.75) is 17.1 Å². The molecular formula is C8H8O4S2. The summed E-state index contributed by atoms with van der Waals surface area (Å²) in [5.41, 5.74) is 0. The molecule has 0 aromatic carbocycles. The fraction of sp³-hybridized carbons (Fsp3) is 0.250. The predicted octanol–water partition coefficient (Wildman–Crippen LogP) is 2.01. The second kappa shape index (κ2) is 4.47. The van der Waals surface area contributed by atoms with Crippen LogP contribution in [0.15, 0.2) is 16.3 Å². The van der Waals surface area contributed by atoms with Gasteiger partial charge in [-0.15, -0.1) is 23.1 Å². The Morgan fingerprint density at radius 2 is 2.14 bits per heavy atom. The molecule has 0 fully saturated rings. The van der Waals surface area contributed by atoms with Gasteiger partial charge in [-0.05, 0) is 13.0 Å². The second-order valence-corrected chi connectivity index (χ2v) is 4.88. The Morgan fingerprint density at radius 1 is 1.50 bits per heavy atom. The molecule has 1 heterocycles. The number of carboxylic acids is 2. The molecule has 4 nitrogen and oxygen atoms in total. The lowest BCUT2D eigenvalue weighted by Crippen LogP contribution is -2.10. The van der Waals surface area contributed by atoms with Crippen LogP contribution in [0, 0.1) is 0 Å². The van der Waals surface area contributed by atoms with E-state index in [-0.39, 0.29) is 4.88 Å². The Kier molecular flexibility index (Phi) is 3.54. The van der Waals surface area contributed by atoms with Crippen molar-refractivity contribution in [2.75, 3.05) is 0 Å². The third kappa shape index (κ3) is 2.74. The molecule has 76 valence electrons. The van der Waals surface area contributed by atoms with Gasteiger partial charge in [0.15, 0.2) is 0 Å². The average Bonchev–Trinajstić information content (AvgIpc) is 2.52. The van der Waals surface area contributed by atoms with Crippen LogP contribution >= 0.6 is 23.1 Å². The van der Waals surface area contributed by atoms with Crippen molar-refractivity contribution >= 4 is 35.0 Å². The Bertz CT molecular complexity index is 358. The molecule has 0 amide bonds. The van der Waals surface area contributed by atoms with Crippen LogP contribution < -0.4 is 0 Å². The number of thioether (sulfide) groups is 1. The van der Waals surface area contributed by atoms with E-state index in [9.17, 15) is 9.59 Å². The van der Waals surface area contributed by atoms with Crippen LogP contribution in [0.25, 0.3) is 0 Å². The van der Waals surface area contributed by atoms with Gasteiger partial charge < -0.3 is 10.2 Å². The molecule has 1 aromatic rings. The van der Waals surface area contributed by atoms with E-state index in [0.717, 1.165) is 23.1 Å². The van der Waals surface area contributed by atoms with Gasteiger partial charge in [-0.3, -0.25) is 4.79 Å². The van der Waals surface area contributed by atoms with E-state index >= 15 is 0 Å². The van der Waals surface area contributed by atoms with Crippen LogP contribution in [-0.2, 0) is 4.79 Å². The minimum Gasteiger partial charge on any atom is -0.480 e. The first kappa shape index (κ1) is 11.1. The van der Waals surface area contributed by atoms with Gasteiger partial charge in [0, 0.05) is 10.3 Å². The SMILES string of the molecule is CC(Sc1csc(C(=O)O)c1)C(=O)O. The van der Waals surface area contributed by atoms with Crippen molar-refractivity contribution in [1.29, 1.82) is 0 Å². The van der Waals surface area contributed by atoms with E-state index in [1.165, 1.54) is 6.07 Å². The van der Waals surface area contributed by atoms with E-state index in [1.54, 1.807) is 12.3 Å². The zero-order chi connectivity index (χ0) is 10.7. The van der Waals surface area contributed by atoms with E-state index in [2.05, 4.69) is 0 Å². The molecule has 1 unspecified atom stereocenters. The van der Waals surface area contributed by atoms with Crippen LogP contribution in [0.4, 0.5) is 0 Å².